The Kier molecular flexibility index (Phi) is 10.1. The van der Waals surface area contributed by atoms with Crippen LogP contribution in [0.1, 0.15) is 43.7 Å². The van der Waals surface area contributed by atoms with Crippen molar-refractivity contribution in [1.29, 1.82) is 0 Å². The normalized spacial score (nSPS) is 10.7. The molecule has 2 aromatic carbocycles. The van der Waals surface area contributed by atoms with Crippen molar-refractivity contribution < 1.29 is 19.1 Å². The molecule has 2 rings (SSSR count). The lowest BCUT2D eigenvalue weighted by atomic mass is 10.2. The molecular formula is C24H29NO4. The van der Waals surface area contributed by atoms with Gasteiger partial charge in [-0.25, -0.2) is 0 Å². The average molecular weight is 395 g/mol. The van der Waals surface area contributed by atoms with Gasteiger partial charge in [-0.1, -0.05) is 48.9 Å². The molecule has 0 saturated heterocycles. The number of unbranched alkanes of at least 4 members (excludes halogenated alkanes) is 2. The molecule has 0 saturated carbocycles. The first kappa shape index (κ1) is 22.2. The van der Waals surface area contributed by atoms with Gasteiger partial charge in [0.2, 0.25) is 5.91 Å². The van der Waals surface area contributed by atoms with Crippen LogP contribution in [0, 0.1) is 0 Å². The fraction of sp³-hybridized carbons (Fsp3) is 0.333. The lowest BCUT2D eigenvalue weighted by Crippen LogP contribution is -2.22. The van der Waals surface area contributed by atoms with E-state index in [2.05, 4.69) is 5.32 Å². The number of carbonyl (C=O) groups excluding carboxylic acids is 2. The van der Waals surface area contributed by atoms with Crippen molar-refractivity contribution >= 4 is 18.0 Å². The van der Waals surface area contributed by atoms with Gasteiger partial charge >= 0.3 is 5.97 Å². The minimum Gasteiger partial charge on any atom is -0.489 e. The monoisotopic (exact) mass is 395 g/mol. The number of amides is 1. The summed E-state index contributed by atoms with van der Waals surface area (Å²) in [6, 6.07) is 17.6. The van der Waals surface area contributed by atoms with Gasteiger partial charge in [0.25, 0.3) is 0 Å². The Morgan fingerprint density at radius 3 is 2.45 bits per heavy atom. The Hall–Kier alpha value is -3.08. The standard InChI is InChI=1S/C24H29NO4/c1-2-28-24(27)11-7-4-8-18-25-23(26)17-14-20-12-15-22(16-13-20)29-19-21-9-5-3-6-10-21/h3,5-6,9-10,12-17H,2,4,7-8,11,18-19H2,1H3,(H,25,26)/b17-14+. The third-order valence-corrected chi connectivity index (χ3v) is 4.22. The van der Waals surface area contributed by atoms with Gasteiger partial charge < -0.3 is 14.8 Å². The molecule has 0 aliphatic heterocycles. The van der Waals surface area contributed by atoms with Crippen LogP contribution in [0.5, 0.6) is 5.75 Å². The summed E-state index contributed by atoms with van der Waals surface area (Å²) >= 11 is 0. The topological polar surface area (TPSA) is 64.6 Å². The van der Waals surface area contributed by atoms with Gasteiger partial charge in [-0.3, -0.25) is 9.59 Å². The minimum absolute atomic E-state index is 0.125. The maximum absolute atomic E-state index is 11.9. The lowest BCUT2D eigenvalue weighted by Gasteiger charge is -2.06. The highest BCUT2D eigenvalue weighted by molar-refractivity contribution is 5.91. The molecule has 5 nitrogen and oxygen atoms in total. The Bertz CT molecular complexity index is 769. The van der Waals surface area contributed by atoms with E-state index in [1.165, 1.54) is 6.08 Å². The van der Waals surface area contributed by atoms with Crippen LogP contribution in [-0.4, -0.2) is 25.0 Å². The third kappa shape index (κ3) is 9.60. The Morgan fingerprint density at radius 2 is 1.72 bits per heavy atom. The molecule has 0 atom stereocenters. The predicted octanol–water partition coefficient (Wildman–Crippen LogP) is 4.52. The van der Waals surface area contributed by atoms with Crippen LogP contribution in [0.15, 0.2) is 60.7 Å². The van der Waals surface area contributed by atoms with E-state index in [0.29, 0.717) is 26.2 Å². The first-order valence-electron chi connectivity index (χ1n) is 10.1. The molecule has 2 aromatic rings. The Morgan fingerprint density at radius 1 is 0.966 bits per heavy atom. The number of carbonyl (C=O) groups is 2. The fourth-order valence-corrected chi connectivity index (χ4v) is 2.66. The molecule has 0 heterocycles. The van der Waals surface area contributed by atoms with E-state index in [9.17, 15) is 9.59 Å². The number of esters is 1. The van der Waals surface area contributed by atoms with Crippen LogP contribution in [-0.2, 0) is 20.9 Å². The van der Waals surface area contributed by atoms with E-state index < -0.39 is 0 Å². The van der Waals surface area contributed by atoms with Crippen molar-refractivity contribution in [3.8, 4) is 5.75 Å². The van der Waals surface area contributed by atoms with E-state index in [1.54, 1.807) is 13.0 Å². The Labute approximate surface area is 172 Å². The van der Waals surface area contributed by atoms with E-state index >= 15 is 0 Å². The first-order valence-corrected chi connectivity index (χ1v) is 10.1. The van der Waals surface area contributed by atoms with Crippen LogP contribution in [0.4, 0.5) is 0 Å². The molecule has 0 aromatic heterocycles. The molecule has 0 unspecified atom stereocenters. The number of hydrogen-bond acceptors (Lipinski definition) is 4. The molecule has 154 valence electrons. The quantitative estimate of drug-likeness (QED) is 0.326. The molecule has 0 radical (unpaired) electrons. The maximum Gasteiger partial charge on any atom is 0.305 e. The maximum atomic E-state index is 11.9. The third-order valence-electron chi connectivity index (χ3n) is 4.22. The zero-order valence-electron chi connectivity index (χ0n) is 16.9. The van der Waals surface area contributed by atoms with Crippen molar-refractivity contribution in [2.24, 2.45) is 0 Å². The van der Waals surface area contributed by atoms with Crippen molar-refractivity contribution in [1.82, 2.24) is 5.32 Å². The summed E-state index contributed by atoms with van der Waals surface area (Å²) in [6.07, 6.45) is 6.24. The number of rotatable bonds is 12. The lowest BCUT2D eigenvalue weighted by molar-refractivity contribution is -0.143. The van der Waals surface area contributed by atoms with Crippen LogP contribution in [0.25, 0.3) is 6.08 Å². The highest BCUT2D eigenvalue weighted by Crippen LogP contribution is 2.15. The van der Waals surface area contributed by atoms with E-state index in [1.807, 2.05) is 54.6 Å². The first-order chi connectivity index (χ1) is 14.2. The van der Waals surface area contributed by atoms with E-state index in [0.717, 1.165) is 36.1 Å². The van der Waals surface area contributed by atoms with Gasteiger partial charge in [-0.05, 0) is 49.1 Å². The molecule has 29 heavy (non-hydrogen) atoms. The molecule has 1 N–H and O–H groups in total. The summed E-state index contributed by atoms with van der Waals surface area (Å²) in [6.45, 7) is 3.34. The van der Waals surface area contributed by atoms with Crippen LogP contribution in [0.2, 0.25) is 0 Å². The molecule has 1 amide bonds. The second kappa shape index (κ2) is 13.2. The number of benzene rings is 2. The highest BCUT2D eigenvalue weighted by Gasteiger charge is 2.01. The molecule has 0 spiro atoms. The minimum atomic E-state index is -0.157. The smallest absolute Gasteiger partial charge is 0.305 e. The fourth-order valence-electron chi connectivity index (χ4n) is 2.66. The van der Waals surface area contributed by atoms with Gasteiger partial charge in [0.15, 0.2) is 0 Å². The Balaban J connectivity index is 1.62. The zero-order valence-corrected chi connectivity index (χ0v) is 16.9. The largest absolute Gasteiger partial charge is 0.489 e. The zero-order chi connectivity index (χ0) is 20.7. The molecular weight excluding hydrogens is 366 g/mol. The molecule has 5 heteroatoms. The summed E-state index contributed by atoms with van der Waals surface area (Å²) < 4.78 is 10.6. The highest BCUT2D eigenvalue weighted by atomic mass is 16.5. The number of hydrogen-bond donors (Lipinski definition) is 1. The second-order valence-corrected chi connectivity index (χ2v) is 6.58. The van der Waals surface area contributed by atoms with Crippen molar-refractivity contribution in [2.75, 3.05) is 13.2 Å². The molecule has 0 aliphatic carbocycles. The van der Waals surface area contributed by atoms with E-state index in [4.69, 9.17) is 9.47 Å². The summed E-state index contributed by atoms with van der Waals surface area (Å²) in [5, 5.41) is 2.85. The number of ether oxygens (including phenoxy) is 2. The van der Waals surface area contributed by atoms with Crippen molar-refractivity contribution in [3.05, 3.63) is 71.8 Å². The van der Waals surface area contributed by atoms with Crippen LogP contribution in [0.3, 0.4) is 0 Å². The van der Waals surface area contributed by atoms with Crippen LogP contribution < -0.4 is 10.1 Å². The molecule has 0 bridgehead atoms. The van der Waals surface area contributed by atoms with Gasteiger partial charge in [0.1, 0.15) is 12.4 Å². The average Bonchev–Trinajstić information content (AvgIpc) is 2.75. The molecule has 0 aliphatic rings. The van der Waals surface area contributed by atoms with Crippen molar-refractivity contribution in [2.45, 2.75) is 39.2 Å². The summed E-state index contributed by atoms with van der Waals surface area (Å²) in [5.41, 5.74) is 2.05. The van der Waals surface area contributed by atoms with Crippen molar-refractivity contribution in [3.63, 3.8) is 0 Å². The van der Waals surface area contributed by atoms with Gasteiger partial charge in [-0.15, -0.1) is 0 Å². The van der Waals surface area contributed by atoms with Gasteiger partial charge in [-0.2, -0.15) is 0 Å². The SMILES string of the molecule is CCOC(=O)CCCCCNC(=O)/C=C/c1ccc(OCc2ccccc2)cc1. The summed E-state index contributed by atoms with van der Waals surface area (Å²) in [4.78, 5) is 23.1. The second-order valence-electron chi connectivity index (χ2n) is 6.58. The van der Waals surface area contributed by atoms with Crippen LogP contribution >= 0.6 is 0 Å². The van der Waals surface area contributed by atoms with Gasteiger partial charge in [0, 0.05) is 19.0 Å². The number of nitrogens with one attached hydrogen (secondary N) is 1. The summed E-state index contributed by atoms with van der Waals surface area (Å²) in [7, 11) is 0. The van der Waals surface area contributed by atoms with E-state index in [-0.39, 0.29) is 11.9 Å². The van der Waals surface area contributed by atoms with Gasteiger partial charge in [0.05, 0.1) is 6.61 Å². The summed E-state index contributed by atoms with van der Waals surface area (Å²) in [5.74, 6) is 0.508. The molecule has 0 fully saturated rings. The predicted molar refractivity (Wildman–Crippen MR) is 114 cm³/mol.